The van der Waals surface area contributed by atoms with E-state index in [9.17, 15) is 5.11 Å². The summed E-state index contributed by atoms with van der Waals surface area (Å²) in [4.78, 5) is 3.78. The van der Waals surface area contributed by atoms with Gasteiger partial charge in [-0.2, -0.15) is 0 Å². The van der Waals surface area contributed by atoms with E-state index in [1.54, 1.807) is 0 Å². The molecule has 0 radical (unpaired) electrons. The lowest BCUT2D eigenvalue weighted by Gasteiger charge is -2.12. The molecule has 1 atom stereocenters. The van der Waals surface area contributed by atoms with E-state index in [0.29, 0.717) is 28.6 Å². The van der Waals surface area contributed by atoms with E-state index in [1.165, 1.54) is 12.4 Å². The molecule has 0 fully saturated rings. The lowest BCUT2D eigenvalue weighted by atomic mass is 10.1. The molecule has 1 aromatic heterocycles. The van der Waals surface area contributed by atoms with Crippen LogP contribution in [0, 0.1) is 0 Å². The maximum absolute atomic E-state index is 9.61. The molecule has 0 saturated carbocycles. The van der Waals surface area contributed by atoms with Crippen LogP contribution >= 0.6 is 23.2 Å². The van der Waals surface area contributed by atoms with Crippen LogP contribution in [-0.4, -0.2) is 16.6 Å². The summed E-state index contributed by atoms with van der Waals surface area (Å²) in [5.41, 5.74) is 5.81. The summed E-state index contributed by atoms with van der Waals surface area (Å²) in [5, 5.41) is 10.3. The van der Waals surface area contributed by atoms with E-state index in [2.05, 4.69) is 4.98 Å². The second-order valence-corrected chi connectivity index (χ2v) is 3.42. The zero-order chi connectivity index (χ0) is 9.84. The van der Waals surface area contributed by atoms with E-state index in [0.717, 1.165) is 0 Å². The first kappa shape index (κ1) is 10.7. The Balaban J connectivity index is 2.98. The minimum absolute atomic E-state index is 0.369. The number of pyridine rings is 1. The lowest BCUT2D eigenvalue weighted by Crippen LogP contribution is -2.07. The van der Waals surface area contributed by atoms with Gasteiger partial charge in [0.05, 0.1) is 16.1 Å². The number of hydrogen-bond donors (Lipinski definition) is 2. The van der Waals surface area contributed by atoms with E-state index < -0.39 is 6.10 Å². The Hall–Kier alpha value is -0.350. The van der Waals surface area contributed by atoms with Crippen LogP contribution in [0.1, 0.15) is 18.1 Å². The van der Waals surface area contributed by atoms with Crippen LogP contribution in [0.4, 0.5) is 0 Å². The number of aliphatic hydroxyl groups is 1. The molecule has 13 heavy (non-hydrogen) atoms. The van der Waals surface area contributed by atoms with Crippen LogP contribution in [-0.2, 0) is 0 Å². The first-order valence-electron chi connectivity index (χ1n) is 3.84. The Kier molecular flexibility index (Phi) is 3.93. The minimum atomic E-state index is -0.715. The molecule has 5 heteroatoms. The molecule has 0 aliphatic carbocycles. The Morgan fingerprint density at radius 1 is 1.38 bits per heavy atom. The number of aliphatic hydroxyl groups excluding tert-OH is 1. The van der Waals surface area contributed by atoms with Crippen molar-refractivity contribution in [3.63, 3.8) is 0 Å². The summed E-state index contributed by atoms with van der Waals surface area (Å²) >= 11 is 11.6. The van der Waals surface area contributed by atoms with Gasteiger partial charge in [0.1, 0.15) is 0 Å². The molecule has 1 rings (SSSR count). The SMILES string of the molecule is NCC[C@H](O)c1c(Cl)cncc1Cl. The predicted molar refractivity (Wildman–Crippen MR) is 52.9 cm³/mol. The smallest absolute Gasteiger partial charge is 0.0832 e. The average molecular weight is 221 g/mol. The zero-order valence-electron chi connectivity index (χ0n) is 6.87. The van der Waals surface area contributed by atoms with E-state index in [-0.39, 0.29) is 0 Å². The van der Waals surface area contributed by atoms with Gasteiger partial charge in [-0.15, -0.1) is 0 Å². The normalized spacial score (nSPS) is 12.9. The third kappa shape index (κ3) is 2.54. The molecule has 0 saturated heterocycles. The number of nitrogens with zero attached hydrogens (tertiary/aromatic N) is 1. The average Bonchev–Trinajstić information content (AvgIpc) is 2.04. The maximum atomic E-state index is 9.61. The third-order valence-electron chi connectivity index (χ3n) is 1.66. The van der Waals surface area contributed by atoms with Gasteiger partial charge < -0.3 is 10.8 Å². The van der Waals surface area contributed by atoms with Crippen LogP contribution in [0.2, 0.25) is 10.0 Å². The first-order valence-corrected chi connectivity index (χ1v) is 4.59. The minimum Gasteiger partial charge on any atom is -0.388 e. The number of hydrogen-bond acceptors (Lipinski definition) is 3. The van der Waals surface area contributed by atoms with Crippen molar-refractivity contribution in [3.8, 4) is 0 Å². The molecule has 3 N–H and O–H groups in total. The molecule has 0 aromatic carbocycles. The van der Waals surface area contributed by atoms with E-state index >= 15 is 0 Å². The van der Waals surface area contributed by atoms with Crippen LogP contribution in [0.3, 0.4) is 0 Å². The summed E-state index contributed by atoms with van der Waals surface area (Å²) in [5.74, 6) is 0. The van der Waals surface area contributed by atoms with Crippen molar-refractivity contribution in [1.82, 2.24) is 4.98 Å². The van der Waals surface area contributed by atoms with Gasteiger partial charge in [0.15, 0.2) is 0 Å². The molecule has 3 nitrogen and oxygen atoms in total. The van der Waals surface area contributed by atoms with Gasteiger partial charge in [-0.1, -0.05) is 23.2 Å². The largest absolute Gasteiger partial charge is 0.388 e. The highest BCUT2D eigenvalue weighted by molar-refractivity contribution is 6.35. The maximum Gasteiger partial charge on any atom is 0.0832 e. The van der Waals surface area contributed by atoms with Gasteiger partial charge in [-0.3, -0.25) is 4.98 Å². The Morgan fingerprint density at radius 3 is 2.38 bits per heavy atom. The van der Waals surface area contributed by atoms with Crippen LogP contribution in [0.25, 0.3) is 0 Å². The van der Waals surface area contributed by atoms with Gasteiger partial charge >= 0.3 is 0 Å². The molecule has 0 aliphatic heterocycles. The lowest BCUT2D eigenvalue weighted by molar-refractivity contribution is 0.170. The van der Waals surface area contributed by atoms with Crippen molar-refractivity contribution < 1.29 is 5.11 Å². The van der Waals surface area contributed by atoms with Gasteiger partial charge in [-0.05, 0) is 13.0 Å². The Bertz CT molecular complexity index is 273. The predicted octanol–water partition coefficient (Wildman–Crippen LogP) is 1.77. The van der Waals surface area contributed by atoms with Gasteiger partial charge in [0.25, 0.3) is 0 Å². The molecule has 1 aromatic rings. The third-order valence-corrected chi connectivity index (χ3v) is 2.27. The second-order valence-electron chi connectivity index (χ2n) is 2.61. The van der Waals surface area contributed by atoms with Crippen molar-refractivity contribution in [3.05, 3.63) is 28.0 Å². The molecular weight excluding hydrogens is 211 g/mol. The summed E-state index contributed by atoms with van der Waals surface area (Å²) in [7, 11) is 0. The van der Waals surface area contributed by atoms with E-state index in [4.69, 9.17) is 28.9 Å². The van der Waals surface area contributed by atoms with Crippen molar-refractivity contribution >= 4 is 23.2 Å². The standard InChI is InChI=1S/C8H10Cl2N2O/c9-5-3-12-4-6(10)8(5)7(13)1-2-11/h3-4,7,13H,1-2,11H2/t7-/m0/s1. The molecule has 1 heterocycles. The van der Waals surface area contributed by atoms with Crippen LogP contribution in [0.5, 0.6) is 0 Å². The molecule has 0 aliphatic rings. The fourth-order valence-electron chi connectivity index (χ4n) is 1.04. The fraction of sp³-hybridized carbons (Fsp3) is 0.375. The highest BCUT2D eigenvalue weighted by Gasteiger charge is 2.14. The summed E-state index contributed by atoms with van der Waals surface area (Å²) < 4.78 is 0. The quantitative estimate of drug-likeness (QED) is 0.817. The number of nitrogens with two attached hydrogens (primary N) is 1. The Labute approximate surface area is 86.5 Å². The highest BCUT2D eigenvalue weighted by atomic mass is 35.5. The summed E-state index contributed by atoms with van der Waals surface area (Å²) in [6, 6.07) is 0. The molecule has 0 unspecified atom stereocenters. The molecule has 0 bridgehead atoms. The van der Waals surface area contributed by atoms with Crippen molar-refractivity contribution in [1.29, 1.82) is 0 Å². The molecule has 0 amide bonds. The van der Waals surface area contributed by atoms with Crippen LogP contribution in [0.15, 0.2) is 12.4 Å². The van der Waals surface area contributed by atoms with Crippen molar-refractivity contribution in [2.45, 2.75) is 12.5 Å². The number of rotatable bonds is 3. The molecule has 0 spiro atoms. The van der Waals surface area contributed by atoms with Crippen molar-refractivity contribution in [2.24, 2.45) is 5.73 Å². The number of aromatic nitrogens is 1. The zero-order valence-corrected chi connectivity index (χ0v) is 8.39. The van der Waals surface area contributed by atoms with Gasteiger partial charge in [-0.25, -0.2) is 0 Å². The van der Waals surface area contributed by atoms with Crippen LogP contribution < -0.4 is 5.73 Å². The summed E-state index contributed by atoms with van der Waals surface area (Å²) in [6.45, 7) is 0.385. The summed E-state index contributed by atoms with van der Waals surface area (Å²) in [6.07, 6.45) is 2.61. The monoisotopic (exact) mass is 220 g/mol. The molecule has 72 valence electrons. The van der Waals surface area contributed by atoms with Gasteiger partial charge in [0, 0.05) is 18.0 Å². The van der Waals surface area contributed by atoms with Crippen molar-refractivity contribution in [2.75, 3.05) is 6.54 Å². The Morgan fingerprint density at radius 2 is 1.92 bits per heavy atom. The topological polar surface area (TPSA) is 59.1 Å². The van der Waals surface area contributed by atoms with E-state index in [1.807, 2.05) is 0 Å². The highest BCUT2D eigenvalue weighted by Crippen LogP contribution is 2.30. The van der Waals surface area contributed by atoms with Gasteiger partial charge in [0.2, 0.25) is 0 Å². The number of halogens is 2. The fourth-order valence-corrected chi connectivity index (χ4v) is 1.66. The second kappa shape index (κ2) is 4.77. The first-order chi connectivity index (χ1) is 6.16. The molecular formula is C8H10Cl2N2O.